The quantitative estimate of drug-likeness (QED) is 0.851. The third-order valence-corrected chi connectivity index (χ3v) is 2.99. The zero-order valence-corrected chi connectivity index (χ0v) is 9.41. The van der Waals surface area contributed by atoms with Crippen molar-refractivity contribution >= 4 is 29.2 Å². The Labute approximate surface area is 92.5 Å². The third-order valence-electron chi connectivity index (χ3n) is 2.20. The Hall–Kier alpha value is -0.730. The van der Waals surface area contributed by atoms with E-state index in [1.807, 2.05) is 0 Å². The molecular formula is C10H10Cl2O2. The first-order valence-electron chi connectivity index (χ1n) is 4.09. The van der Waals surface area contributed by atoms with Crippen molar-refractivity contribution in [2.45, 2.75) is 20.3 Å². The first-order chi connectivity index (χ1) is 6.43. The molecule has 0 radical (unpaired) electrons. The molecule has 0 fully saturated rings. The maximum Gasteiger partial charge on any atom is 0.307 e. The monoisotopic (exact) mass is 232 g/mol. The molecule has 1 aromatic rings. The van der Waals surface area contributed by atoms with Crippen LogP contribution in [-0.4, -0.2) is 11.1 Å². The summed E-state index contributed by atoms with van der Waals surface area (Å²) >= 11 is 11.8. The maximum absolute atomic E-state index is 10.6. The minimum Gasteiger partial charge on any atom is -0.481 e. The van der Waals surface area contributed by atoms with Gasteiger partial charge in [-0.25, -0.2) is 0 Å². The van der Waals surface area contributed by atoms with E-state index in [9.17, 15) is 4.79 Å². The average Bonchev–Trinajstić information content (AvgIpc) is 2.09. The third kappa shape index (κ3) is 2.20. The number of rotatable bonds is 2. The Kier molecular flexibility index (Phi) is 3.40. The van der Waals surface area contributed by atoms with E-state index >= 15 is 0 Å². The van der Waals surface area contributed by atoms with Crippen LogP contribution in [0.2, 0.25) is 10.0 Å². The number of carboxylic acids is 1. The molecule has 2 nitrogen and oxygen atoms in total. The summed E-state index contributed by atoms with van der Waals surface area (Å²) in [5, 5.41) is 9.73. The predicted octanol–water partition coefficient (Wildman–Crippen LogP) is 3.24. The Bertz CT molecular complexity index is 360. The minimum atomic E-state index is -0.880. The number of hydrogen-bond acceptors (Lipinski definition) is 1. The van der Waals surface area contributed by atoms with Crippen molar-refractivity contribution in [3.8, 4) is 0 Å². The maximum atomic E-state index is 10.6. The number of carbonyl (C=O) groups is 1. The lowest BCUT2D eigenvalue weighted by Gasteiger charge is -2.10. The summed E-state index contributed by atoms with van der Waals surface area (Å²) in [6, 6.07) is 1.64. The summed E-state index contributed by atoms with van der Waals surface area (Å²) in [7, 11) is 0. The second kappa shape index (κ2) is 4.20. The van der Waals surface area contributed by atoms with Gasteiger partial charge < -0.3 is 5.11 Å². The highest BCUT2D eigenvalue weighted by atomic mass is 35.5. The van der Waals surface area contributed by atoms with E-state index in [2.05, 4.69) is 0 Å². The molecule has 0 aliphatic rings. The molecule has 0 saturated heterocycles. The van der Waals surface area contributed by atoms with Crippen LogP contribution in [0.1, 0.15) is 16.7 Å². The fourth-order valence-electron chi connectivity index (χ4n) is 1.31. The number of aliphatic carboxylic acids is 1. The van der Waals surface area contributed by atoms with Gasteiger partial charge in [-0.05, 0) is 36.6 Å². The Morgan fingerprint density at radius 3 is 2.07 bits per heavy atom. The van der Waals surface area contributed by atoms with Crippen LogP contribution in [0.15, 0.2) is 6.07 Å². The highest BCUT2D eigenvalue weighted by Crippen LogP contribution is 2.29. The largest absolute Gasteiger partial charge is 0.481 e. The van der Waals surface area contributed by atoms with Gasteiger partial charge in [0.2, 0.25) is 0 Å². The molecule has 0 amide bonds. The van der Waals surface area contributed by atoms with Crippen LogP contribution in [-0.2, 0) is 11.2 Å². The molecule has 0 bridgehead atoms. The van der Waals surface area contributed by atoms with Crippen LogP contribution >= 0.6 is 23.2 Å². The van der Waals surface area contributed by atoms with Crippen molar-refractivity contribution in [3.63, 3.8) is 0 Å². The Morgan fingerprint density at radius 1 is 1.29 bits per heavy atom. The number of benzene rings is 1. The normalized spacial score (nSPS) is 10.3. The highest BCUT2D eigenvalue weighted by molar-refractivity contribution is 6.35. The van der Waals surface area contributed by atoms with Gasteiger partial charge in [0.25, 0.3) is 0 Å². The zero-order chi connectivity index (χ0) is 10.9. The molecule has 0 atom stereocenters. The molecule has 0 aliphatic heterocycles. The van der Waals surface area contributed by atoms with E-state index in [0.717, 1.165) is 11.1 Å². The molecule has 0 aromatic heterocycles. The van der Waals surface area contributed by atoms with Crippen molar-refractivity contribution in [2.24, 2.45) is 0 Å². The van der Waals surface area contributed by atoms with Crippen LogP contribution < -0.4 is 0 Å². The van der Waals surface area contributed by atoms with E-state index in [1.165, 1.54) is 0 Å². The summed E-state index contributed by atoms with van der Waals surface area (Å²) in [4.78, 5) is 10.6. The van der Waals surface area contributed by atoms with Crippen LogP contribution in [0.25, 0.3) is 0 Å². The molecule has 1 N–H and O–H groups in total. The van der Waals surface area contributed by atoms with Gasteiger partial charge in [-0.15, -0.1) is 0 Å². The number of halogens is 2. The SMILES string of the molecule is Cc1c(Cl)cc(Cl)c(C)c1CC(=O)O. The first kappa shape index (κ1) is 11.3. The van der Waals surface area contributed by atoms with E-state index in [0.29, 0.717) is 15.6 Å². The van der Waals surface area contributed by atoms with Crippen molar-refractivity contribution in [1.29, 1.82) is 0 Å². The van der Waals surface area contributed by atoms with Crippen molar-refractivity contribution in [2.75, 3.05) is 0 Å². The molecule has 1 rings (SSSR count). The predicted molar refractivity (Wildman–Crippen MR) is 57.3 cm³/mol. The van der Waals surface area contributed by atoms with E-state index in [1.54, 1.807) is 19.9 Å². The van der Waals surface area contributed by atoms with E-state index < -0.39 is 5.97 Å². The summed E-state index contributed by atoms with van der Waals surface area (Å²) in [6.45, 7) is 3.59. The molecule has 0 saturated carbocycles. The van der Waals surface area contributed by atoms with Gasteiger partial charge in [-0.3, -0.25) is 4.79 Å². The van der Waals surface area contributed by atoms with Gasteiger partial charge in [-0.1, -0.05) is 23.2 Å². The lowest BCUT2D eigenvalue weighted by molar-refractivity contribution is -0.136. The second-order valence-electron chi connectivity index (χ2n) is 3.14. The zero-order valence-electron chi connectivity index (χ0n) is 7.90. The summed E-state index contributed by atoms with van der Waals surface area (Å²) in [6.07, 6.45) is -0.0437. The van der Waals surface area contributed by atoms with Gasteiger partial charge in [0.05, 0.1) is 6.42 Å². The fraction of sp³-hybridized carbons (Fsp3) is 0.300. The molecule has 0 spiro atoms. The van der Waals surface area contributed by atoms with Crippen molar-refractivity contribution in [3.05, 3.63) is 32.8 Å². The number of hydrogen-bond donors (Lipinski definition) is 1. The summed E-state index contributed by atoms with van der Waals surface area (Å²) in [5.74, 6) is -0.880. The highest BCUT2D eigenvalue weighted by Gasteiger charge is 2.12. The molecule has 0 aliphatic carbocycles. The van der Waals surface area contributed by atoms with E-state index in [-0.39, 0.29) is 6.42 Å². The molecule has 14 heavy (non-hydrogen) atoms. The lowest BCUT2D eigenvalue weighted by atomic mass is 10.00. The number of carboxylic acid groups (broad SMARTS) is 1. The topological polar surface area (TPSA) is 37.3 Å². The first-order valence-corrected chi connectivity index (χ1v) is 4.85. The van der Waals surface area contributed by atoms with Gasteiger partial charge >= 0.3 is 5.97 Å². The van der Waals surface area contributed by atoms with Gasteiger partial charge in [0.15, 0.2) is 0 Å². The van der Waals surface area contributed by atoms with E-state index in [4.69, 9.17) is 28.3 Å². The van der Waals surface area contributed by atoms with Crippen LogP contribution in [0, 0.1) is 13.8 Å². The van der Waals surface area contributed by atoms with Gasteiger partial charge in [0, 0.05) is 10.0 Å². The van der Waals surface area contributed by atoms with Crippen molar-refractivity contribution < 1.29 is 9.90 Å². The van der Waals surface area contributed by atoms with Crippen LogP contribution in [0.4, 0.5) is 0 Å². The fourth-order valence-corrected chi connectivity index (χ4v) is 1.82. The molecule has 0 heterocycles. The molecular weight excluding hydrogens is 223 g/mol. The average molecular weight is 233 g/mol. The molecule has 1 aromatic carbocycles. The second-order valence-corrected chi connectivity index (χ2v) is 3.95. The standard InChI is InChI=1S/C10H10Cl2O2/c1-5-7(3-10(13)14)6(2)9(12)4-8(5)11/h4H,3H2,1-2H3,(H,13,14). The Morgan fingerprint density at radius 2 is 1.71 bits per heavy atom. The van der Waals surface area contributed by atoms with Crippen molar-refractivity contribution in [1.82, 2.24) is 0 Å². The smallest absolute Gasteiger partial charge is 0.307 e. The Balaban J connectivity index is 3.31. The van der Waals surface area contributed by atoms with Gasteiger partial charge in [0.1, 0.15) is 0 Å². The summed E-state index contributed by atoms with van der Waals surface area (Å²) < 4.78 is 0. The lowest BCUT2D eigenvalue weighted by Crippen LogP contribution is -2.05. The molecule has 4 heteroatoms. The molecule has 76 valence electrons. The van der Waals surface area contributed by atoms with Gasteiger partial charge in [-0.2, -0.15) is 0 Å². The summed E-state index contributed by atoms with van der Waals surface area (Å²) in [5.41, 5.74) is 2.28. The van der Waals surface area contributed by atoms with Crippen LogP contribution in [0.3, 0.4) is 0 Å². The molecule has 0 unspecified atom stereocenters. The minimum absolute atomic E-state index is 0.0437. The van der Waals surface area contributed by atoms with Crippen LogP contribution in [0.5, 0.6) is 0 Å².